The molecule has 20 heavy (non-hydrogen) atoms. The molecule has 3 nitrogen and oxygen atoms in total. The van der Waals surface area contributed by atoms with Gasteiger partial charge in [-0.15, -0.1) is 0 Å². The summed E-state index contributed by atoms with van der Waals surface area (Å²) in [7, 11) is 4.31. The molecule has 0 aromatic heterocycles. The van der Waals surface area contributed by atoms with Crippen molar-refractivity contribution in [2.24, 2.45) is 11.3 Å². The Balaban J connectivity index is 4.39. The Morgan fingerprint density at radius 1 is 1.00 bits per heavy atom. The van der Waals surface area contributed by atoms with Crippen molar-refractivity contribution in [2.45, 2.75) is 54.0 Å². The maximum Gasteiger partial charge on any atom is 0.0128 e. The predicted octanol–water partition coefficient (Wildman–Crippen LogP) is 2.92. The Morgan fingerprint density at radius 3 is 2.00 bits per heavy atom. The van der Waals surface area contributed by atoms with Gasteiger partial charge in [0.1, 0.15) is 0 Å². The van der Waals surface area contributed by atoms with Crippen LogP contribution in [0.15, 0.2) is 0 Å². The number of hydrogen-bond acceptors (Lipinski definition) is 3. The Kier molecular flexibility index (Phi) is 9.69. The summed E-state index contributed by atoms with van der Waals surface area (Å²) in [4.78, 5) is 4.90. The minimum atomic E-state index is 0.334. The smallest absolute Gasteiger partial charge is 0.0128 e. The van der Waals surface area contributed by atoms with Crippen molar-refractivity contribution in [3.05, 3.63) is 0 Å². The van der Waals surface area contributed by atoms with Crippen molar-refractivity contribution >= 4 is 0 Å². The first-order valence-electron chi connectivity index (χ1n) is 8.27. The normalized spacial score (nSPS) is 14.6. The summed E-state index contributed by atoms with van der Waals surface area (Å²) in [5.41, 5.74) is 0.334. The molecular weight excluding hydrogens is 246 g/mol. The van der Waals surface area contributed by atoms with E-state index < -0.39 is 0 Å². The largest absolute Gasteiger partial charge is 0.314 e. The van der Waals surface area contributed by atoms with Crippen molar-refractivity contribution in [1.29, 1.82) is 0 Å². The first-order chi connectivity index (χ1) is 9.16. The lowest BCUT2D eigenvalue weighted by Gasteiger charge is -2.34. The first kappa shape index (κ1) is 19.9. The molecular formula is C17H39N3. The summed E-state index contributed by atoms with van der Waals surface area (Å²) in [5.74, 6) is 0.740. The molecule has 0 aliphatic carbocycles. The molecule has 3 heteroatoms. The molecule has 0 aromatic rings. The van der Waals surface area contributed by atoms with Gasteiger partial charge >= 0.3 is 0 Å². The molecule has 0 aromatic carbocycles. The summed E-state index contributed by atoms with van der Waals surface area (Å²) >= 11 is 0. The fraction of sp³-hybridized carbons (Fsp3) is 1.00. The molecule has 0 amide bonds. The van der Waals surface area contributed by atoms with Crippen molar-refractivity contribution in [3.63, 3.8) is 0 Å². The highest BCUT2D eigenvalue weighted by atomic mass is 15.2. The average molecular weight is 286 g/mol. The van der Waals surface area contributed by atoms with Crippen molar-refractivity contribution in [1.82, 2.24) is 15.1 Å². The summed E-state index contributed by atoms with van der Waals surface area (Å²) in [6.45, 7) is 19.6. The highest BCUT2D eigenvalue weighted by Crippen LogP contribution is 2.22. The number of hydrogen-bond donors (Lipinski definition) is 1. The maximum atomic E-state index is 3.66. The highest BCUT2D eigenvalue weighted by Gasteiger charge is 2.24. The summed E-state index contributed by atoms with van der Waals surface area (Å²) in [6.07, 6.45) is 1.23. The second-order valence-corrected chi connectivity index (χ2v) is 7.76. The molecule has 0 rings (SSSR count). The van der Waals surface area contributed by atoms with Gasteiger partial charge in [-0.2, -0.15) is 0 Å². The van der Waals surface area contributed by atoms with Crippen LogP contribution in [0.3, 0.4) is 0 Å². The van der Waals surface area contributed by atoms with Crippen LogP contribution < -0.4 is 5.32 Å². The van der Waals surface area contributed by atoms with Crippen LogP contribution >= 0.6 is 0 Å². The van der Waals surface area contributed by atoms with Crippen LogP contribution in [0.25, 0.3) is 0 Å². The topological polar surface area (TPSA) is 18.5 Å². The van der Waals surface area contributed by atoms with E-state index >= 15 is 0 Å². The third kappa shape index (κ3) is 9.73. The third-order valence-corrected chi connectivity index (χ3v) is 3.72. The van der Waals surface area contributed by atoms with Gasteiger partial charge < -0.3 is 15.1 Å². The highest BCUT2D eigenvalue weighted by molar-refractivity contribution is 4.81. The zero-order valence-electron chi connectivity index (χ0n) is 15.3. The Morgan fingerprint density at radius 2 is 1.60 bits per heavy atom. The van der Waals surface area contributed by atoms with Crippen LogP contribution in [-0.4, -0.2) is 62.7 Å². The van der Waals surface area contributed by atoms with E-state index in [-0.39, 0.29) is 0 Å². The standard InChI is InChI=1S/C17H39N3/c1-9-18-16(17(4,5)6)10-11-20(14-15(2)3)13-12-19(7)8/h15-16,18H,9-14H2,1-8H3. The Labute approximate surface area is 128 Å². The number of nitrogens with one attached hydrogen (secondary N) is 1. The van der Waals surface area contributed by atoms with Gasteiger partial charge in [0.25, 0.3) is 0 Å². The second kappa shape index (κ2) is 9.75. The fourth-order valence-corrected chi connectivity index (χ4v) is 2.55. The molecule has 0 radical (unpaired) electrons. The van der Waals surface area contributed by atoms with E-state index in [0.717, 1.165) is 19.0 Å². The van der Waals surface area contributed by atoms with Crippen LogP contribution in [0.2, 0.25) is 0 Å². The molecule has 122 valence electrons. The van der Waals surface area contributed by atoms with Crippen LogP contribution in [0.5, 0.6) is 0 Å². The van der Waals surface area contributed by atoms with E-state index in [0.29, 0.717) is 11.5 Å². The second-order valence-electron chi connectivity index (χ2n) is 7.76. The van der Waals surface area contributed by atoms with Crippen molar-refractivity contribution < 1.29 is 0 Å². The van der Waals surface area contributed by atoms with E-state index in [1.165, 1.54) is 26.1 Å². The Bertz CT molecular complexity index is 231. The van der Waals surface area contributed by atoms with Gasteiger partial charge in [0.05, 0.1) is 0 Å². The van der Waals surface area contributed by atoms with Gasteiger partial charge in [0, 0.05) is 25.7 Å². The lowest BCUT2D eigenvalue weighted by atomic mass is 9.84. The van der Waals surface area contributed by atoms with Crippen LogP contribution in [0, 0.1) is 11.3 Å². The van der Waals surface area contributed by atoms with Gasteiger partial charge in [-0.05, 0) is 44.9 Å². The number of likely N-dealkylation sites (N-methyl/N-ethyl adjacent to an activating group) is 1. The van der Waals surface area contributed by atoms with Crippen molar-refractivity contribution in [2.75, 3.05) is 46.8 Å². The van der Waals surface area contributed by atoms with E-state index in [4.69, 9.17) is 0 Å². The minimum Gasteiger partial charge on any atom is -0.314 e. The Hall–Kier alpha value is -0.120. The molecule has 0 aliphatic rings. The lowest BCUT2D eigenvalue weighted by Crippen LogP contribution is -2.44. The van der Waals surface area contributed by atoms with Gasteiger partial charge in [-0.3, -0.25) is 0 Å². The van der Waals surface area contributed by atoms with E-state index in [2.05, 4.69) is 70.8 Å². The monoisotopic (exact) mass is 285 g/mol. The first-order valence-corrected chi connectivity index (χ1v) is 8.27. The maximum absolute atomic E-state index is 3.66. The average Bonchev–Trinajstić information content (AvgIpc) is 2.28. The zero-order valence-corrected chi connectivity index (χ0v) is 15.3. The minimum absolute atomic E-state index is 0.334. The molecule has 0 saturated carbocycles. The molecule has 0 heterocycles. The molecule has 0 aliphatic heterocycles. The van der Waals surface area contributed by atoms with Crippen LogP contribution in [0.4, 0.5) is 0 Å². The molecule has 0 fully saturated rings. The number of rotatable bonds is 10. The molecule has 0 saturated heterocycles. The molecule has 1 unspecified atom stereocenters. The molecule has 0 spiro atoms. The lowest BCUT2D eigenvalue weighted by molar-refractivity contribution is 0.182. The summed E-state index contributed by atoms with van der Waals surface area (Å²) < 4.78 is 0. The molecule has 1 atom stereocenters. The summed E-state index contributed by atoms with van der Waals surface area (Å²) in [6, 6.07) is 0.599. The van der Waals surface area contributed by atoms with E-state index in [9.17, 15) is 0 Å². The predicted molar refractivity (Wildman–Crippen MR) is 91.4 cm³/mol. The van der Waals surface area contributed by atoms with Gasteiger partial charge in [-0.25, -0.2) is 0 Å². The molecule has 1 N–H and O–H groups in total. The van der Waals surface area contributed by atoms with Crippen LogP contribution in [-0.2, 0) is 0 Å². The van der Waals surface area contributed by atoms with Gasteiger partial charge in [0.15, 0.2) is 0 Å². The van der Waals surface area contributed by atoms with Gasteiger partial charge in [0.2, 0.25) is 0 Å². The van der Waals surface area contributed by atoms with E-state index in [1.54, 1.807) is 0 Å². The quantitative estimate of drug-likeness (QED) is 0.666. The summed E-state index contributed by atoms with van der Waals surface area (Å²) in [5, 5.41) is 3.66. The zero-order chi connectivity index (χ0) is 15.8. The molecule has 0 bridgehead atoms. The van der Waals surface area contributed by atoms with Crippen molar-refractivity contribution in [3.8, 4) is 0 Å². The third-order valence-electron chi connectivity index (χ3n) is 3.72. The van der Waals surface area contributed by atoms with Gasteiger partial charge in [-0.1, -0.05) is 41.5 Å². The SMILES string of the molecule is CCNC(CCN(CCN(C)C)CC(C)C)C(C)(C)C. The fourth-order valence-electron chi connectivity index (χ4n) is 2.55. The van der Waals surface area contributed by atoms with E-state index in [1.807, 2.05) is 0 Å². The number of nitrogens with zero attached hydrogens (tertiary/aromatic N) is 2. The van der Waals surface area contributed by atoms with Crippen LogP contribution in [0.1, 0.15) is 48.0 Å².